The van der Waals surface area contributed by atoms with E-state index in [0.29, 0.717) is 0 Å². The molecule has 0 aliphatic carbocycles. The van der Waals surface area contributed by atoms with Crippen molar-refractivity contribution >= 4 is 17.6 Å². The fourth-order valence-electron chi connectivity index (χ4n) is 2.87. The number of halogens is 1. The zero-order valence-electron chi connectivity index (χ0n) is 11.7. The van der Waals surface area contributed by atoms with Crippen molar-refractivity contribution in [1.82, 2.24) is 4.90 Å². The summed E-state index contributed by atoms with van der Waals surface area (Å²) in [5.74, 6) is -1.87. The van der Waals surface area contributed by atoms with E-state index < -0.39 is 22.2 Å². The van der Waals surface area contributed by atoms with Crippen LogP contribution < -0.4 is 5.73 Å². The molecule has 22 heavy (non-hydrogen) atoms. The number of nitro groups is 1. The van der Waals surface area contributed by atoms with E-state index in [2.05, 4.69) is 4.99 Å². The Labute approximate surface area is 124 Å². The molecule has 1 aromatic carbocycles. The number of aliphatic imine (C=N–C) groups is 1. The third-order valence-corrected chi connectivity index (χ3v) is 4.10. The number of non-ortho nitro benzene ring substituents is 1. The Morgan fingerprint density at radius 2 is 2.32 bits per heavy atom. The Morgan fingerprint density at radius 1 is 1.59 bits per heavy atom. The first-order chi connectivity index (χ1) is 10.4. The number of hydrogen-bond donors (Lipinski definition) is 1. The first kappa shape index (κ1) is 14.4. The highest BCUT2D eigenvalue weighted by molar-refractivity contribution is 6.00. The number of fused-ring (bicyclic) bond motifs is 1. The zero-order chi connectivity index (χ0) is 16.1. The van der Waals surface area contributed by atoms with Gasteiger partial charge in [0.1, 0.15) is 11.4 Å². The predicted molar refractivity (Wildman–Crippen MR) is 73.4 cm³/mol. The van der Waals surface area contributed by atoms with E-state index in [0.717, 1.165) is 18.2 Å². The summed E-state index contributed by atoms with van der Waals surface area (Å²) in [6.07, 6.45) is 0. The second kappa shape index (κ2) is 4.73. The highest BCUT2D eigenvalue weighted by Gasteiger charge is 2.55. The van der Waals surface area contributed by atoms with Crippen LogP contribution in [-0.4, -0.2) is 42.0 Å². The Balaban J connectivity index is 2.22. The van der Waals surface area contributed by atoms with Gasteiger partial charge < -0.3 is 10.5 Å². The van der Waals surface area contributed by atoms with Gasteiger partial charge in [0, 0.05) is 24.7 Å². The lowest BCUT2D eigenvalue weighted by atomic mass is 9.79. The van der Waals surface area contributed by atoms with Crippen molar-refractivity contribution < 1.29 is 18.8 Å². The molecule has 2 unspecified atom stereocenters. The van der Waals surface area contributed by atoms with Gasteiger partial charge in [0.2, 0.25) is 5.91 Å². The van der Waals surface area contributed by atoms with Gasteiger partial charge in [-0.05, 0) is 6.07 Å². The maximum atomic E-state index is 14.3. The van der Waals surface area contributed by atoms with Crippen molar-refractivity contribution in [3.8, 4) is 0 Å². The van der Waals surface area contributed by atoms with Crippen LogP contribution in [0.4, 0.5) is 10.1 Å². The zero-order valence-corrected chi connectivity index (χ0v) is 11.7. The summed E-state index contributed by atoms with van der Waals surface area (Å²) in [6, 6.07) is 3.14. The minimum atomic E-state index is -1.36. The van der Waals surface area contributed by atoms with Crippen LogP contribution in [0.1, 0.15) is 5.56 Å². The third-order valence-electron chi connectivity index (χ3n) is 4.10. The van der Waals surface area contributed by atoms with E-state index >= 15 is 0 Å². The predicted octanol–water partition coefficient (Wildman–Crippen LogP) is 0.362. The molecule has 0 aromatic heterocycles. The second-order valence-corrected chi connectivity index (χ2v) is 5.28. The van der Waals surface area contributed by atoms with E-state index in [1.165, 1.54) is 11.9 Å². The summed E-state index contributed by atoms with van der Waals surface area (Å²) in [6.45, 7) is -0.00187. The fraction of sp³-hybridized carbons (Fsp3) is 0.385. The minimum absolute atomic E-state index is 0.0476. The number of ether oxygens (including phenoxy) is 1. The minimum Gasteiger partial charge on any atom is -0.378 e. The standard InChI is InChI=1S/C13H13FN4O4/c1-17-11(19)9-5-22-6-13(9,16-12(17)15)8-4-7(18(20)21)2-3-10(8)14/h2-4,9H,5-6H2,1H3,(H2,15,16). The van der Waals surface area contributed by atoms with E-state index in [4.69, 9.17) is 10.5 Å². The molecule has 0 radical (unpaired) electrons. The second-order valence-electron chi connectivity index (χ2n) is 5.28. The molecule has 1 saturated heterocycles. The van der Waals surface area contributed by atoms with Gasteiger partial charge in [0.05, 0.1) is 24.1 Å². The molecule has 2 N–H and O–H groups in total. The van der Waals surface area contributed by atoms with Crippen LogP contribution in [0.2, 0.25) is 0 Å². The van der Waals surface area contributed by atoms with Gasteiger partial charge >= 0.3 is 0 Å². The number of guanidine groups is 1. The van der Waals surface area contributed by atoms with Crippen LogP contribution in [0.5, 0.6) is 0 Å². The molecule has 0 saturated carbocycles. The summed E-state index contributed by atoms with van der Waals surface area (Å²) >= 11 is 0. The van der Waals surface area contributed by atoms with Crippen molar-refractivity contribution in [3.63, 3.8) is 0 Å². The number of nitrogens with two attached hydrogens (primary N) is 1. The van der Waals surface area contributed by atoms with Crippen LogP contribution in [0.15, 0.2) is 23.2 Å². The van der Waals surface area contributed by atoms with Gasteiger partial charge in [0.15, 0.2) is 5.96 Å². The van der Waals surface area contributed by atoms with Crippen molar-refractivity contribution in [2.45, 2.75) is 5.54 Å². The SMILES string of the molecule is CN1C(=O)C2COCC2(c2cc([N+](=O)[O-])ccc2F)N=C1N. The normalized spacial score (nSPS) is 27.5. The Morgan fingerprint density at radius 3 is 3.00 bits per heavy atom. The molecule has 0 bridgehead atoms. The molecule has 1 amide bonds. The molecular formula is C13H13FN4O4. The Kier molecular flexibility index (Phi) is 3.10. The number of rotatable bonds is 2. The van der Waals surface area contributed by atoms with E-state index in [1.54, 1.807) is 0 Å². The summed E-state index contributed by atoms with van der Waals surface area (Å²) in [5, 5.41) is 10.9. The van der Waals surface area contributed by atoms with E-state index in [1.807, 2.05) is 0 Å². The summed E-state index contributed by atoms with van der Waals surface area (Å²) in [4.78, 5) is 28.1. The van der Waals surface area contributed by atoms with Crippen LogP contribution in [-0.2, 0) is 15.1 Å². The average Bonchev–Trinajstić information content (AvgIpc) is 2.89. The molecule has 9 heteroatoms. The smallest absolute Gasteiger partial charge is 0.270 e. The van der Waals surface area contributed by atoms with Gasteiger partial charge in [-0.15, -0.1) is 0 Å². The molecular weight excluding hydrogens is 295 g/mol. The van der Waals surface area contributed by atoms with Gasteiger partial charge in [-0.1, -0.05) is 0 Å². The molecule has 1 fully saturated rings. The molecule has 8 nitrogen and oxygen atoms in total. The molecule has 2 aliphatic heterocycles. The van der Waals surface area contributed by atoms with Crippen LogP contribution in [0.25, 0.3) is 0 Å². The lowest BCUT2D eigenvalue weighted by Crippen LogP contribution is -2.54. The van der Waals surface area contributed by atoms with Gasteiger partial charge in [-0.3, -0.25) is 19.8 Å². The third kappa shape index (κ3) is 1.86. The maximum Gasteiger partial charge on any atom is 0.270 e. The fourth-order valence-corrected chi connectivity index (χ4v) is 2.87. The quantitative estimate of drug-likeness (QED) is 0.626. The van der Waals surface area contributed by atoms with Gasteiger partial charge in [-0.2, -0.15) is 0 Å². The van der Waals surface area contributed by atoms with Crippen molar-refractivity contribution in [1.29, 1.82) is 0 Å². The van der Waals surface area contributed by atoms with Crippen molar-refractivity contribution in [2.75, 3.05) is 20.3 Å². The van der Waals surface area contributed by atoms with Crippen LogP contribution in [0.3, 0.4) is 0 Å². The topological polar surface area (TPSA) is 111 Å². The van der Waals surface area contributed by atoms with E-state index in [9.17, 15) is 19.3 Å². The first-order valence-electron chi connectivity index (χ1n) is 6.52. The first-order valence-corrected chi connectivity index (χ1v) is 6.52. The molecule has 0 spiro atoms. The molecule has 3 rings (SSSR count). The monoisotopic (exact) mass is 308 g/mol. The lowest BCUT2D eigenvalue weighted by molar-refractivity contribution is -0.385. The Hall–Kier alpha value is -2.55. The number of carbonyl (C=O) groups excluding carboxylic acids is 1. The average molecular weight is 308 g/mol. The summed E-state index contributed by atoms with van der Waals surface area (Å²) in [7, 11) is 1.47. The molecule has 2 aliphatic rings. The Bertz CT molecular complexity index is 707. The molecule has 2 heterocycles. The summed E-state index contributed by atoms with van der Waals surface area (Å²) < 4.78 is 19.6. The molecule has 116 valence electrons. The number of benzene rings is 1. The van der Waals surface area contributed by atoms with Crippen molar-refractivity contribution in [3.05, 3.63) is 39.7 Å². The summed E-state index contributed by atoms with van der Waals surface area (Å²) in [5.41, 5.74) is 4.05. The van der Waals surface area contributed by atoms with E-state index in [-0.39, 0.29) is 36.3 Å². The number of nitro benzene ring substituents is 1. The molecule has 2 atom stereocenters. The van der Waals surface area contributed by atoms with Crippen LogP contribution >= 0.6 is 0 Å². The van der Waals surface area contributed by atoms with Crippen molar-refractivity contribution in [2.24, 2.45) is 16.6 Å². The maximum absolute atomic E-state index is 14.3. The lowest BCUT2D eigenvalue weighted by Gasteiger charge is -2.37. The number of amides is 1. The van der Waals surface area contributed by atoms with Gasteiger partial charge in [-0.25, -0.2) is 9.38 Å². The highest BCUT2D eigenvalue weighted by atomic mass is 19.1. The number of carbonyl (C=O) groups is 1. The molecule has 1 aromatic rings. The highest BCUT2D eigenvalue weighted by Crippen LogP contribution is 2.44. The largest absolute Gasteiger partial charge is 0.378 e. The number of nitrogens with zero attached hydrogens (tertiary/aromatic N) is 3. The van der Waals surface area contributed by atoms with Crippen LogP contribution in [0, 0.1) is 21.8 Å². The number of hydrogen-bond acceptors (Lipinski definition) is 6. The van der Waals surface area contributed by atoms with Gasteiger partial charge in [0.25, 0.3) is 5.69 Å².